The van der Waals surface area contributed by atoms with E-state index < -0.39 is 17.8 Å². The zero-order valence-electron chi connectivity index (χ0n) is 10.5. The Balaban J connectivity index is 3.07. The molecule has 0 aliphatic carbocycles. The Hall–Kier alpha value is -1.65. The summed E-state index contributed by atoms with van der Waals surface area (Å²) in [7, 11) is 1.38. The number of carboxylic acid groups (broad SMARTS) is 1. The summed E-state index contributed by atoms with van der Waals surface area (Å²) in [6.07, 6.45) is -2.35. The van der Waals surface area contributed by atoms with Crippen molar-refractivity contribution < 1.29 is 23.4 Å². The highest BCUT2D eigenvalue weighted by molar-refractivity contribution is 5.74. The molecule has 0 spiro atoms. The highest BCUT2D eigenvalue weighted by atomic mass is 19.3. The van der Waals surface area contributed by atoms with Crippen molar-refractivity contribution in [2.75, 3.05) is 7.11 Å². The topological polar surface area (TPSA) is 46.5 Å². The summed E-state index contributed by atoms with van der Waals surface area (Å²) in [4.78, 5) is 11.0. The van der Waals surface area contributed by atoms with Crippen LogP contribution < -0.4 is 4.74 Å². The minimum absolute atomic E-state index is 0.135. The molecule has 0 fully saturated rings. The number of hydrogen-bond donors (Lipinski definition) is 1. The molecule has 0 aliphatic heterocycles. The van der Waals surface area contributed by atoms with Gasteiger partial charge in [0.25, 0.3) is 6.43 Å². The molecule has 0 bridgehead atoms. The fourth-order valence-corrected chi connectivity index (χ4v) is 1.59. The molecule has 0 heterocycles. The lowest BCUT2D eigenvalue weighted by Crippen LogP contribution is -2.26. The van der Waals surface area contributed by atoms with Crippen LogP contribution in [0, 0.1) is 5.41 Å². The van der Waals surface area contributed by atoms with Crippen molar-refractivity contribution >= 4 is 5.97 Å². The van der Waals surface area contributed by atoms with Gasteiger partial charge in [0.2, 0.25) is 0 Å². The van der Waals surface area contributed by atoms with Gasteiger partial charge in [-0.15, -0.1) is 0 Å². The first-order valence-corrected chi connectivity index (χ1v) is 5.46. The molecule has 3 nitrogen and oxygen atoms in total. The van der Waals surface area contributed by atoms with Gasteiger partial charge in [0.1, 0.15) is 5.75 Å². The molecule has 0 aromatic heterocycles. The Bertz CT molecular complexity index is 442. The normalized spacial score (nSPS) is 11.7. The molecular weight excluding hydrogens is 242 g/mol. The zero-order chi connectivity index (χ0) is 13.9. The van der Waals surface area contributed by atoms with Crippen LogP contribution in [0.5, 0.6) is 5.75 Å². The van der Waals surface area contributed by atoms with Gasteiger partial charge >= 0.3 is 5.97 Å². The average molecular weight is 258 g/mol. The van der Waals surface area contributed by atoms with E-state index in [9.17, 15) is 13.6 Å². The van der Waals surface area contributed by atoms with Crippen LogP contribution in [-0.4, -0.2) is 18.2 Å². The van der Waals surface area contributed by atoms with Crippen molar-refractivity contribution in [1.82, 2.24) is 0 Å². The first kappa shape index (κ1) is 14.4. The molecule has 0 amide bonds. The van der Waals surface area contributed by atoms with Gasteiger partial charge in [-0.2, -0.15) is 0 Å². The van der Waals surface area contributed by atoms with Gasteiger partial charge in [0, 0.05) is 5.56 Å². The third-order valence-electron chi connectivity index (χ3n) is 2.77. The minimum Gasteiger partial charge on any atom is -0.496 e. The van der Waals surface area contributed by atoms with Crippen LogP contribution in [0.4, 0.5) is 8.78 Å². The van der Waals surface area contributed by atoms with Crippen LogP contribution in [-0.2, 0) is 11.2 Å². The van der Waals surface area contributed by atoms with E-state index in [1.54, 1.807) is 13.8 Å². The van der Waals surface area contributed by atoms with Crippen LogP contribution >= 0.6 is 0 Å². The van der Waals surface area contributed by atoms with Crippen molar-refractivity contribution in [2.24, 2.45) is 5.41 Å². The molecule has 0 atom stereocenters. The molecule has 1 aromatic carbocycles. The van der Waals surface area contributed by atoms with Gasteiger partial charge in [-0.1, -0.05) is 12.1 Å². The fourth-order valence-electron chi connectivity index (χ4n) is 1.59. The Morgan fingerprint density at radius 2 is 2.06 bits per heavy atom. The molecular formula is C13H16F2O3. The fraction of sp³-hybridized carbons (Fsp3) is 0.462. The molecule has 1 aromatic rings. The number of rotatable bonds is 5. The molecule has 0 radical (unpaired) electrons. The Morgan fingerprint density at radius 3 is 2.50 bits per heavy atom. The largest absolute Gasteiger partial charge is 0.496 e. The lowest BCUT2D eigenvalue weighted by atomic mass is 9.85. The van der Waals surface area contributed by atoms with E-state index in [0.29, 0.717) is 11.3 Å². The molecule has 0 unspecified atom stereocenters. The smallest absolute Gasteiger partial charge is 0.309 e. The molecule has 0 saturated carbocycles. The van der Waals surface area contributed by atoms with Crippen molar-refractivity contribution in [2.45, 2.75) is 26.7 Å². The van der Waals surface area contributed by atoms with Gasteiger partial charge in [-0.05, 0) is 31.9 Å². The van der Waals surface area contributed by atoms with Crippen LogP contribution in [0.1, 0.15) is 31.4 Å². The summed E-state index contributed by atoms with van der Waals surface area (Å²) >= 11 is 0. The second-order valence-corrected chi connectivity index (χ2v) is 4.74. The third-order valence-corrected chi connectivity index (χ3v) is 2.77. The summed E-state index contributed by atoms with van der Waals surface area (Å²) < 4.78 is 30.1. The number of alkyl halides is 2. The first-order chi connectivity index (χ1) is 8.27. The third kappa shape index (κ3) is 3.18. The van der Waals surface area contributed by atoms with Gasteiger partial charge in [0.05, 0.1) is 12.5 Å². The van der Waals surface area contributed by atoms with Crippen LogP contribution in [0.25, 0.3) is 0 Å². The van der Waals surface area contributed by atoms with E-state index >= 15 is 0 Å². The van der Waals surface area contributed by atoms with Gasteiger partial charge in [0.15, 0.2) is 0 Å². The number of benzene rings is 1. The number of carboxylic acids is 1. The highest BCUT2D eigenvalue weighted by Crippen LogP contribution is 2.31. The number of hydrogen-bond acceptors (Lipinski definition) is 2. The van der Waals surface area contributed by atoms with Gasteiger partial charge in [-0.3, -0.25) is 4.79 Å². The Morgan fingerprint density at radius 1 is 1.44 bits per heavy atom. The van der Waals surface area contributed by atoms with Crippen molar-refractivity contribution in [3.8, 4) is 5.75 Å². The van der Waals surface area contributed by atoms with Gasteiger partial charge in [-0.25, -0.2) is 8.78 Å². The molecule has 1 rings (SSSR count). The maximum atomic E-state index is 12.5. The summed E-state index contributed by atoms with van der Waals surface area (Å²) in [5, 5.41) is 9.05. The monoisotopic (exact) mass is 258 g/mol. The minimum atomic E-state index is -2.57. The summed E-state index contributed by atoms with van der Waals surface area (Å²) in [5.74, 6) is -0.649. The molecule has 0 saturated heterocycles. The number of halogens is 2. The maximum Gasteiger partial charge on any atom is 0.309 e. The van der Waals surface area contributed by atoms with Crippen molar-refractivity contribution in [3.63, 3.8) is 0 Å². The molecule has 0 aliphatic rings. The SMILES string of the molecule is COc1cc(C(F)F)ccc1CC(C)(C)C(=O)O. The quantitative estimate of drug-likeness (QED) is 0.881. The number of carbonyl (C=O) groups is 1. The standard InChI is InChI=1S/C13H16F2O3/c1-13(2,12(16)17)7-9-5-4-8(11(14)15)6-10(9)18-3/h4-6,11H,7H2,1-3H3,(H,16,17). The van der Waals surface area contributed by atoms with E-state index in [-0.39, 0.29) is 12.0 Å². The second kappa shape index (κ2) is 5.33. The van der Waals surface area contributed by atoms with E-state index in [4.69, 9.17) is 9.84 Å². The summed E-state index contributed by atoms with van der Waals surface area (Å²) in [6, 6.07) is 4.03. The van der Waals surface area contributed by atoms with Crippen LogP contribution in [0.2, 0.25) is 0 Å². The zero-order valence-corrected chi connectivity index (χ0v) is 10.5. The Labute approximate surface area is 104 Å². The van der Waals surface area contributed by atoms with E-state index in [0.717, 1.165) is 0 Å². The lowest BCUT2D eigenvalue weighted by Gasteiger charge is -2.20. The number of aliphatic carboxylic acids is 1. The van der Waals surface area contributed by atoms with Crippen molar-refractivity contribution in [1.29, 1.82) is 0 Å². The molecule has 18 heavy (non-hydrogen) atoms. The molecule has 100 valence electrons. The molecule has 5 heteroatoms. The van der Waals surface area contributed by atoms with Crippen LogP contribution in [0.3, 0.4) is 0 Å². The molecule has 1 N–H and O–H groups in total. The Kier molecular flexibility index (Phi) is 4.27. The number of methoxy groups -OCH3 is 1. The summed E-state index contributed by atoms with van der Waals surface area (Å²) in [6.45, 7) is 3.16. The predicted molar refractivity (Wildman–Crippen MR) is 63.1 cm³/mol. The average Bonchev–Trinajstić information content (AvgIpc) is 2.28. The predicted octanol–water partition coefficient (Wildman–Crippen LogP) is 3.29. The second-order valence-electron chi connectivity index (χ2n) is 4.74. The van der Waals surface area contributed by atoms with Crippen molar-refractivity contribution in [3.05, 3.63) is 29.3 Å². The lowest BCUT2D eigenvalue weighted by molar-refractivity contribution is -0.146. The van der Waals surface area contributed by atoms with E-state index in [1.165, 1.54) is 25.3 Å². The summed E-state index contributed by atoms with van der Waals surface area (Å²) in [5.41, 5.74) is -0.502. The highest BCUT2D eigenvalue weighted by Gasteiger charge is 2.28. The van der Waals surface area contributed by atoms with E-state index in [1.807, 2.05) is 0 Å². The first-order valence-electron chi connectivity index (χ1n) is 5.46. The maximum absolute atomic E-state index is 12.5. The number of ether oxygens (including phenoxy) is 1. The van der Waals surface area contributed by atoms with Crippen LogP contribution in [0.15, 0.2) is 18.2 Å². The van der Waals surface area contributed by atoms with E-state index in [2.05, 4.69) is 0 Å². The van der Waals surface area contributed by atoms with Gasteiger partial charge < -0.3 is 9.84 Å².